The molecule has 0 aliphatic carbocycles. The fraction of sp³-hybridized carbons (Fsp3) is 0.455. The molecule has 0 saturated heterocycles. The number of nitrogens with zero attached hydrogens (tertiary/aromatic N) is 2. The van der Waals surface area contributed by atoms with Crippen molar-refractivity contribution in [2.45, 2.75) is 25.8 Å². The minimum absolute atomic E-state index is 0.448. The van der Waals surface area contributed by atoms with Crippen molar-refractivity contribution in [3.63, 3.8) is 0 Å². The highest BCUT2D eigenvalue weighted by Crippen LogP contribution is 2.16. The number of hydrogen-bond acceptors (Lipinski definition) is 5. The largest absolute Gasteiger partial charge is 0.472 e. The molecule has 2 aromatic rings. The fourth-order valence-electron chi connectivity index (χ4n) is 1.35. The van der Waals surface area contributed by atoms with Crippen molar-refractivity contribution in [3.8, 4) is 11.4 Å². The molecule has 86 valence electrons. The van der Waals surface area contributed by atoms with E-state index in [4.69, 9.17) is 8.94 Å². The van der Waals surface area contributed by atoms with Crippen LogP contribution in [0.25, 0.3) is 11.4 Å². The lowest BCUT2D eigenvalue weighted by Crippen LogP contribution is -2.21. The van der Waals surface area contributed by atoms with Crippen molar-refractivity contribution < 1.29 is 8.94 Å². The molecule has 0 aromatic carbocycles. The smallest absolute Gasteiger partial charge is 0.227 e. The lowest BCUT2D eigenvalue weighted by molar-refractivity contribution is 0.369. The SMILES string of the molecule is CNC(C)CCc1nc(-c2ccoc2)no1. The zero-order chi connectivity index (χ0) is 11.4. The van der Waals surface area contributed by atoms with Crippen LogP contribution in [0, 0.1) is 0 Å². The molecule has 2 rings (SSSR count). The zero-order valence-electron chi connectivity index (χ0n) is 9.43. The normalized spacial score (nSPS) is 12.9. The Kier molecular flexibility index (Phi) is 3.36. The Hall–Kier alpha value is -1.62. The molecule has 1 unspecified atom stereocenters. The average molecular weight is 221 g/mol. The van der Waals surface area contributed by atoms with Gasteiger partial charge in [0, 0.05) is 12.5 Å². The molecule has 5 heteroatoms. The number of furan rings is 1. The van der Waals surface area contributed by atoms with E-state index in [0.29, 0.717) is 17.8 Å². The molecule has 0 bridgehead atoms. The molecular formula is C11H15N3O2. The highest BCUT2D eigenvalue weighted by molar-refractivity contribution is 5.51. The van der Waals surface area contributed by atoms with Gasteiger partial charge < -0.3 is 14.3 Å². The molecule has 0 spiro atoms. The van der Waals surface area contributed by atoms with Crippen LogP contribution >= 0.6 is 0 Å². The quantitative estimate of drug-likeness (QED) is 0.835. The van der Waals surface area contributed by atoms with Crippen LogP contribution in [0.4, 0.5) is 0 Å². The van der Waals surface area contributed by atoms with Crippen molar-refractivity contribution in [2.24, 2.45) is 0 Å². The fourth-order valence-corrected chi connectivity index (χ4v) is 1.35. The number of hydrogen-bond donors (Lipinski definition) is 1. The molecule has 0 fully saturated rings. The van der Waals surface area contributed by atoms with Gasteiger partial charge in [-0.3, -0.25) is 0 Å². The zero-order valence-corrected chi connectivity index (χ0v) is 9.43. The molecule has 0 aliphatic heterocycles. The maximum atomic E-state index is 5.15. The van der Waals surface area contributed by atoms with Crippen LogP contribution in [-0.4, -0.2) is 23.2 Å². The summed E-state index contributed by atoms with van der Waals surface area (Å²) in [7, 11) is 1.94. The van der Waals surface area contributed by atoms with Gasteiger partial charge in [0.1, 0.15) is 6.26 Å². The molecule has 0 aliphatic rings. The van der Waals surface area contributed by atoms with Crippen molar-refractivity contribution in [2.75, 3.05) is 7.05 Å². The Labute approximate surface area is 93.8 Å². The van der Waals surface area contributed by atoms with Crippen molar-refractivity contribution in [3.05, 3.63) is 24.5 Å². The molecule has 5 nitrogen and oxygen atoms in total. The van der Waals surface area contributed by atoms with Gasteiger partial charge in [-0.15, -0.1) is 0 Å². The summed E-state index contributed by atoms with van der Waals surface area (Å²) < 4.78 is 10.1. The van der Waals surface area contributed by atoms with E-state index in [1.807, 2.05) is 13.1 Å². The minimum atomic E-state index is 0.448. The third-order valence-electron chi connectivity index (χ3n) is 2.53. The Morgan fingerprint density at radius 3 is 3.06 bits per heavy atom. The van der Waals surface area contributed by atoms with Crippen LogP contribution in [0.5, 0.6) is 0 Å². The molecule has 2 heterocycles. The van der Waals surface area contributed by atoms with Gasteiger partial charge in [0.25, 0.3) is 0 Å². The molecule has 0 radical (unpaired) electrons. The van der Waals surface area contributed by atoms with Gasteiger partial charge in [-0.05, 0) is 26.5 Å². The third kappa shape index (κ3) is 2.49. The summed E-state index contributed by atoms with van der Waals surface area (Å²) in [6.45, 7) is 2.12. The molecule has 1 atom stereocenters. The van der Waals surface area contributed by atoms with E-state index in [2.05, 4.69) is 22.4 Å². The Morgan fingerprint density at radius 2 is 2.38 bits per heavy atom. The standard InChI is InChI=1S/C11H15N3O2/c1-8(12-2)3-4-10-13-11(14-16-10)9-5-6-15-7-9/h5-8,12H,3-4H2,1-2H3. The van der Waals surface area contributed by atoms with Crippen LogP contribution in [0.3, 0.4) is 0 Å². The summed E-state index contributed by atoms with van der Waals surface area (Å²) in [5, 5.41) is 7.06. The van der Waals surface area contributed by atoms with Gasteiger partial charge in [0.15, 0.2) is 0 Å². The van der Waals surface area contributed by atoms with Gasteiger partial charge in [0.05, 0.1) is 11.8 Å². The minimum Gasteiger partial charge on any atom is -0.472 e. The summed E-state index contributed by atoms with van der Waals surface area (Å²) in [6.07, 6.45) is 4.95. The summed E-state index contributed by atoms with van der Waals surface area (Å²) in [4.78, 5) is 4.29. The highest BCUT2D eigenvalue weighted by atomic mass is 16.5. The first kappa shape index (κ1) is 10.9. The second-order valence-electron chi connectivity index (χ2n) is 3.75. The summed E-state index contributed by atoms with van der Waals surface area (Å²) in [5.74, 6) is 1.25. The van der Waals surface area contributed by atoms with E-state index in [9.17, 15) is 0 Å². The van der Waals surface area contributed by atoms with E-state index in [0.717, 1.165) is 18.4 Å². The highest BCUT2D eigenvalue weighted by Gasteiger charge is 2.10. The van der Waals surface area contributed by atoms with Crippen LogP contribution in [0.1, 0.15) is 19.2 Å². The number of rotatable bonds is 5. The Bertz CT molecular complexity index is 422. The second kappa shape index (κ2) is 4.94. The first-order valence-corrected chi connectivity index (χ1v) is 5.32. The average Bonchev–Trinajstić information content (AvgIpc) is 2.95. The third-order valence-corrected chi connectivity index (χ3v) is 2.53. The Morgan fingerprint density at radius 1 is 1.50 bits per heavy atom. The molecule has 2 aromatic heterocycles. The molecule has 1 N–H and O–H groups in total. The van der Waals surface area contributed by atoms with Gasteiger partial charge >= 0.3 is 0 Å². The number of aryl methyl sites for hydroxylation is 1. The van der Waals surface area contributed by atoms with Gasteiger partial charge in [0.2, 0.25) is 11.7 Å². The van der Waals surface area contributed by atoms with E-state index < -0.39 is 0 Å². The lowest BCUT2D eigenvalue weighted by Gasteiger charge is -2.06. The predicted molar refractivity (Wildman–Crippen MR) is 58.8 cm³/mol. The van der Waals surface area contributed by atoms with E-state index >= 15 is 0 Å². The van der Waals surface area contributed by atoms with Crippen LogP contribution in [-0.2, 0) is 6.42 Å². The maximum Gasteiger partial charge on any atom is 0.227 e. The van der Waals surface area contributed by atoms with Gasteiger partial charge in [-0.1, -0.05) is 5.16 Å². The number of nitrogens with one attached hydrogen (secondary N) is 1. The molecule has 0 saturated carbocycles. The van der Waals surface area contributed by atoms with E-state index in [1.54, 1.807) is 12.5 Å². The van der Waals surface area contributed by atoms with E-state index in [-0.39, 0.29) is 0 Å². The van der Waals surface area contributed by atoms with Gasteiger partial charge in [-0.25, -0.2) is 0 Å². The summed E-state index contributed by atoms with van der Waals surface area (Å²) in [5.41, 5.74) is 0.844. The topological polar surface area (TPSA) is 64.1 Å². The summed E-state index contributed by atoms with van der Waals surface area (Å²) in [6, 6.07) is 2.26. The van der Waals surface area contributed by atoms with Crippen molar-refractivity contribution >= 4 is 0 Å². The monoisotopic (exact) mass is 221 g/mol. The first-order valence-electron chi connectivity index (χ1n) is 5.32. The number of aromatic nitrogens is 2. The lowest BCUT2D eigenvalue weighted by atomic mass is 10.2. The Balaban J connectivity index is 1.98. The van der Waals surface area contributed by atoms with Crippen LogP contribution in [0.15, 0.2) is 27.5 Å². The van der Waals surface area contributed by atoms with Gasteiger partial charge in [-0.2, -0.15) is 4.98 Å². The molecule has 0 amide bonds. The molecule has 16 heavy (non-hydrogen) atoms. The second-order valence-corrected chi connectivity index (χ2v) is 3.75. The predicted octanol–water partition coefficient (Wildman–Crippen LogP) is 1.87. The molecular weight excluding hydrogens is 206 g/mol. The van der Waals surface area contributed by atoms with E-state index in [1.165, 1.54) is 0 Å². The maximum absolute atomic E-state index is 5.15. The summed E-state index contributed by atoms with van der Waals surface area (Å²) >= 11 is 0. The first-order chi connectivity index (χ1) is 7.79. The van der Waals surface area contributed by atoms with Crippen LogP contribution in [0.2, 0.25) is 0 Å². The van der Waals surface area contributed by atoms with Crippen LogP contribution < -0.4 is 5.32 Å². The van der Waals surface area contributed by atoms with Crippen molar-refractivity contribution in [1.82, 2.24) is 15.5 Å². The van der Waals surface area contributed by atoms with Crippen molar-refractivity contribution in [1.29, 1.82) is 0 Å².